The van der Waals surface area contributed by atoms with Crippen LogP contribution in [0.25, 0.3) is 11.0 Å². The Morgan fingerprint density at radius 1 is 0.897 bits per heavy atom. The lowest BCUT2D eigenvalue weighted by molar-refractivity contribution is 0.0740. The monoisotopic (exact) mass is 385 g/mol. The zero-order valence-corrected chi connectivity index (χ0v) is 16.4. The number of para-hydroxylation sites is 2. The minimum absolute atomic E-state index is 0.411. The summed E-state index contributed by atoms with van der Waals surface area (Å²) in [4.78, 5) is 14.9. The number of ether oxygens (including phenoxy) is 2. The summed E-state index contributed by atoms with van der Waals surface area (Å²) < 4.78 is 17.7. The molecular weight excluding hydrogens is 366 g/mol. The van der Waals surface area contributed by atoms with Crippen LogP contribution in [-0.2, 0) is 0 Å². The van der Waals surface area contributed by atoms with E-state index < -0.39 is 5.97 Å². The molecule has 0 radical (unpaired) electrons. The summed E-state index contributed by atoms with van der Waals surface area (Å²) >= 11 is 0. The highest BCUT2D eigenvalue weighted by Gasteiger charge is 2.34. The molecule has 0 fully saturated rings. The second-order valence-electron chi connectivity index (χ2n) is 7.15. The highest BCUT2D eigenvalue weighted by molar-refractivity contribution is 6.06. The van der Waals surface area contributed by atoms with E-state index in [4.69, 9.17) is 13.9 Å². The van der Waals surface area contributed by atoms with Gasteiger partial charge in [-0.15, -0.1) is 0 Å². The van der Waals surface area contributed by atoms with Crippen LogP contribution in [0, 0.1) is 13.8 Å². The van der Waals surface area contributed by atoms with Crippen LogP contribution in [0.4, 0.5) is 17.3 Å². The first-order chi connectivity index (χ1) is 14.1. The molecule has 1 aliphatic heterocycles. The average Bonchev–Trinajstić information content (AvgIpc) is 3.01. The lowest BCUT2D eigenvalue weighted by Crippen LogP contribution is -2.13. The molecule has 5 heteroatoms. The summed E-state index contributed by atoms with van der Waals surface area (Å²) in [6.45, 7) is 3.94. The van der Waals surface area contributed by atoms with Gasteiger partial charge in [-0.25, -0.2) is 4.79 Å². The summed E-state index contributed by atoms with van der Waals surface area (Å²) in [6.07, 6.45) is 0. The van der Waals surface area contributed by atoms with E-state index in [2.05, 4.69) is 0 Å². The van der Waals surface area contributed by atoms with E-state index in [0.29, 0.717) is 34.2 Å². The van der Waals surface area contributed by atoms with Crippen LogP contribution in [0.2, 0.25) is 0 Å². The molecule has 144 valence electrons. The van der Waals surface area contributed by atoms with Gasteiger partial charge in [-0.05, 0) is 50.2 Å². The van der Waals surface area contributed by atoms with Gasteiger partial charge in [0.2, 0.25) is 11.6 Å². The van der Waals surface area contributed by atoms with Gasteiger partial charge < -0.3 is 13.9 Å². The summed E-state index contributed by atoms with van der Waals surface area (Å²) in [6, 6.07) is 19.2. The Bertz CT molecular complexity index is 1270. The van der Waals surface area contributed by atoms with Gasteiger partial charge in [0, 0.05) is 0 Å². The zero-order valence-electron chi connectivity index (χ0n) is 16.4. The Balaban J connectivity index is 1.88. The van der Waals surface area contributed by atoms with Gasteiger partial charge in [0.1, 0.15) is 11.3 Å². The minimum atomic E-state index is -0.411. The Morgan fingerprint density at radius 2 is 1.66 bits per heavy atom. The molecule has 2 heterocycles. The normalized spacial score (nSPS) is 12.9. The first-order valence-corrected chi connectivity index (χ1v) is 9.36. The van der Waals surface area contributed by atoms with Crippen LogP contribution < -0.4 is 14.4 Å². The van der Waals surface area contributed by atoms with E-state index in [9.17, 15) is 4.79 Å². The number of rotatable bonds is 2. The topological polar surface area (TPSA) is 51.9 Å². The predicted octanol–water partition coefficient (Wildman–Crippen LogP) is 6.06. The average molecular weight is 385 g/mol. The zero-order chi connectivity index (χ0) is 20.1. The number of anilines is 3. The van der Waals surface area contributed by atoms with Crippen molar-refractivity contribution in [3.05, 3.63) is 77.4 Å². The van der Waals surface area contributed by atoms with Crippen molar-refractivity contribution < 1.29 is 18.7 Å². The molecule has 0 spiro atoms. The number of methoxy groups -OCH3 is 1. The molecule has 0 bridgehead atoms. The SMILES string of the molecule is COc1ccccc1N1c2ccc(C)cc2C(=O)Oc2c1oc1ccc(C)cc21. The third-order valence-corrected chi connectivity index (χ3v) is 5.12. The number of carbonyl (C=O) groups excluding carboxylic acids is 1. The maximum atomic E-state index is 13.1. The van der Waals surface area contributed by atoms with Crippen molar-refractivity contribution in [2.75, 3.05) is 12.0 Å². The molecule has 0 N–H and O–H groups in total. The number of hydrogen-bond acceptors (Lipinski definition) is 5. The minimum Gasteiger partial charge on any atom is -0.495 e. The fourth-order valence-corrected chi connectivity index (χ4v) is 3.74. The molecule has 0 saturated carbocycles. The van der Waals surface area contributed by atoms with Crippen LogP contribution in [0.1, 0.15) is 21.5 Å². The Hall–Kier alpha value is -3.73. The molecule has 0 saturated heterocycles. The lowest BCUT2D eigenvalue weighted by Gasteiger charge is -2.24. The largest absolute Gasteiger partial charge is 0.495 e. The second-order valence-corrected chi connectivity index (χ2v) is 7.15. The fraction of sp³-hybridized carbons (Fsp3) is 0.125. The molecule has 1 aliphatic rings. The van der Waals surface area contributed by atoms with Crippen molar-refractivity contribution in [2.45, 2.75) is 13.8 Å². The number of nitrogens with zero attached hydrogens (tertiary/aromatic N) is 1. The maximum Gasteiger partial charge on any atom is 0.345 e. The molecule has 0 amide bonds. The van der Waals surface area contributed by atoms with Crippen molar-refractivity contribution in [1.29, 1.82) is 0 Å². The molecule has 1 aromatic heterocycles. The number of fused-ring (bicyclic) bond motifs is 4. The van der Waals surface area contributed by atoms with Gasteiger partial charge in [-0.2, -0.15) is 0 Å². The second kappa shape index (κ2) is 6.41. The number of esters is 1. The van der Waals surface area contributed by atoms with E-state index in [1.54, 1.807) is 7.11 Å². The first kappa shape index (κ1) is 17.4. The van der Waals surface area contributed by atoms with Crippen LogP contribution in [0.5, 0.6) is 11.5 Å². The molecule has 0 unspecified atom stereocenters. The van der Waals surface area contributed by atoms with Gasteiger partial charge in [-0.1, -0.05) is 35.4 Å². The summed E-state index contributed by atoms with van der Waals surface area (Å²) in [7, 11) is 1.62. The predicted molar refractivity (Wildman–Crippen MR) is 112 cm³/mol. The molecule has 29 heavy (non-hydrogen) atoms. The quantitative estimate of drug-likeness (QED) is 0.393. The number of furan rings is 1. The summed E-state index contributed by atoms with van der Waals surface area (Å²) in [5.74, 6) is 1.11. The smallest absolute Gasteiger partial charge is 0.345 e. The lowest BCUT2D eigenvalue weighted by atomic mass is 10.1. The third-order valence-electron chi connectivity index (χ3n) is 5.12. The number of hydrogen-bond donors (Lipinski definition) is 0. The maximum absolute atomic E-state index is 13.1. The van der Waals surface area contributed by atoms with Crippen LogP contribution in [-0.4, -0.2) is 13.1 Å². The Kier molecular flexibility index (Phi) is 3.84. The molecule has 5 nitrogen and oxygen atoms in total. The van der Waals surface area contributed by atoms with Crippen molar-refractivity contribution in [3.63, 3.8) is 0 Å². The highest BCUT2D eigenvalue weighted by atomic mass is 16.5. The summed E-state index contributed by atoms with van der Waals surface area (Å²) in [5.41, 5.74) is 4.60. The van der Waals surface area contributed by atoms with Gasteiger partial charge in [0.15, 0.2) is 0 Å². The molecule has 5 rings (SSSR count). The van der Waals surface area contributed by atoms with Gasteiger partial charge in [-0.3, -0.25) is 4.90 Å². The van der Waals surface area contributed by atoms with E-state index in [0.717, 1.165) is 22.2 Å². The van der Waals surface area contributed by atoms with E-state index >= 15 is 0 Å². The first-order valence-electron chi connectivity index (χ1n) is 9.36. The van der Waals surface area contributed by atoms with Gasteiger partial charge in [0.05, 0.1) is 29.4 Å². The van der Waals surface area contributed by atoms with Crippen molar-refractivity contribution in [1.82, 2.24) is 0 Å². The number of carbonyl (C=O) groups is 1. The molecule has 4 aromatic rings. The third kappa shape index (κ3) is 2.66. The standard InChI is InChI=1S/C24H19NO4/c1-14-8-10-18-16(12-14)24(26)29-22-17-13-15(2)9-11-20(17)28-23(22)25(18)19-6-4-5-7-21(19)27-3/h4-13H,1-3H3. The number of aryl methyl sites for hydroxylation is 2. The number of benzene rings is 3. The Labute approximate surface area is 168 Å². The summed E-state index contributed by atoms with van der Waals surface area (Å²) in [5, 5.41) is 0.762. The van der Waals surface area contributed by atoms with E-state index in [-0.39, 0.29) is 0 Å². The van der Waals surface area contributed by atoms with Gasteiger partial charge >= 0.3 is 5.97 Å². The van der Waals surface area contributed by atoms with E-state index in [1.165, 1.54) is 0 Å². The Morgan fingerprint density at radius 3 is 2.48 bits per heavy atom. The highest BCUT2D eigenvalue weighted by Crippen LogP contribution is 2.51. The van der Waals surface area contributed by atoms with Crippen LogP contribution >= 0.6 is 0 Å². The molecule has 3 aromatic carbocycles. The van der Waals surface area contributed by atoms with Gasteiger partial charge in [0.25, 0.3) is 0 Å². The van der Waals surface area contributed by atoms with E-state index in [1.807, 2.05) is 79.4 Å². The van der Waals surface area contributed by atoms with Crippen LogP contribution in [0.15, 0.2) is 65.1 Å². The fourth-order valence-electron chi connectivity index (χ4n) is 3.74. The van der Waals surface area contributed by atoms with Crippen molar-refractivity contribution >= 4 is 34.2 Å². The molecule has 0 aliphatic carbocycles. The molecule has 0 atom stereocenters. The molecular formula is C24H19NO4. The van der Waals surface area contributed by atoms with Crippen LogP contribution in [0.3, 0.4) is 0 Å². The van der Waals surface area contributed by atoms with Crippen molar-refractivity contribution in [3.8, 4) is 11.5 Å². The van der Waals surface area contributed by atoms with Crippen molar-refractivity contribution in [2.24, 2.45) is 0 Å².